The predicted molar refractivity (Wildman–Crippen MR) is 76.7 cm³/mol. The van der Waals surface area contributed by atoms with Crippen LogP contribution in [0.2, 0.25) is 0 Å². The fourth-order valence-electron chi connectivity index (χ4n) is 2.28. The number of hydrogen-bond donors (Lipinski definition) is 1. The molecule has 1 aromatic carbocycles. The van der Waals surface area contributed by atoms with Gasteiger partial charge in [-0.15, -0.1) is 0 Å². The first-order chi connectivity index (χ1) is 9.58. The van der Waals surface area contributed by atoms with Gasteiger partial charge in [0.2, 0.25) is 0 Å². The lowest BCUT2D eigenvalue weighted by Crippen LogP contribution is -2.05. The van der Waals surface area contributed by atoms with E-state index >= 15 is 0 Å². The SMILES string of the molecule is CCCc1nc(-c2ccc(C(F)F)cc2)c(N)n1CC. The minimum atomic E-state index is -2.45. The smallest absolute Gasteiger partial charge is 0.263 e. The molecule has 0 saturated heterocycles. The highest BCUT2D eigenvalue weighted by Crippen LogP contribution is 2.29. The van der Waals surface area contributed by atoms with Crippen molar-refractivity contribution >= 4 is 5.82 Å². The third kappa shape index (κ3) is 2.66. The number of imidazole rings is 1. The van der Waals surface area contributed by atoms with E-state index in [9.17, 15) is 8.78 Å². The number of anilines is 1. The summed E-state index contributed by atoms with van der Waals surface area (Å²) in [6.07, 6.45) is -0.613. The summed E-state index contributed by atoms with van der Waals surface area (Å²) in [6, 6.07) is 6.14. The summed E-state index contributed by atoms with van der Waals surface area (Å²) in [7, 11) is 0. The van der Waals surface area contributed by atoms with Gasteiger partial charge in [-0.3, -0.25) is 0 Å². The monoisotopic (exact) mass is 279 g/mol. The number of nitrogens with zero attached hydrogens (tertiary/aromatic N) is 2. The van der Waals surface area contributed by atoms with Gasteiger partial charge in [-0.1, -0.05) is 31.2 Å². The molecule has 0 spiro atoms. The molecule has 3 nitrogen and oxygen atoms in total. The van der Waals surface area contributed by atoms with Crippen molar-refractivity contribution in [3.8, 4) is 11.3 Å². The molecule has 0 bridgehead atoms. The largest absolute Gasteiger partial charge is 0.383 e. The lowest BCUT2D eigenvalue weighted by Gasteiger charge is -2.05. The standard InChI is InChI=1S/C15H19F2N3/c1-3-5-12-19-13(15(18)20(12)4-2)10-6-8-11(9-7-10)14(16)17/h6-9,14H,3-5,18H2,1-2H3. The highest BCUT2D eigenvalue weighted by Gasteiger charge is 2.15. The van der Waals surface area contributed by atoms with E-state index in [-0.39, 0.29) is 5.56 Å². The topological polar surface area (TPSA) is 43.8 Å². The number of benzene rings is 1. The summed E-state index contributed by atoms with van der Waals surface area (Å²) >= 11 is 0. The molecule has 0 aliphatic heterocycles. The number of hydrogen-bond acceptors (Lipinski definition) is 2. The molecule has 2 aromatic rings. The van der Waals surface area contributed by atoms with Crippen LogP contribution in [0.25, 0.3) is 11.3 Å². The zero-order valence-corrected chi connectivity index (χ0v) is 11.7. The Morgan fingerprint density at radius 1 is 1.20 bits per heavy atom. The molecule has 1 aromatic heterocycles. The maximum absolute atomic E-state index is 12.6. The van der Waals surface area contributed by atoms with E-state index in [0.717, 1.165) is 30.8 Å². The molecule has 20 heavy (non-hydrogen) atoms. The molecule has 108 valence electrons. The van der Waals surface area contributed by atoms with Gasteiger partial charge in [0.05, 0.1) is 0 Å². The van der Waals surface area contributed by atoms with Crippen LogP contribution in [-0.4, -0.2) is 9.55 Å². The minimum absolute atomic E-state index is 0.0102. The Morgan fingerprint density at radius 3 is 2.35 bits per heavy atom. The van der Waals surface area contributed by atoms with Crippen molar-refractivity contribution in [2.45, 2.75) is 39.7 Å². The third-order valence-electron chi connectivity index (χ3n) is 3.31. The number of aryl methyl sites for hydroxylation is 1. The second kappa shape index (κ2) is 6.03. The molecule has 0 saturated carbocycles. The summed E-state index contributed by atoms with van der Waals surface area (Å²) in [5, 5.41) is 0. The van der Waals surface area contributed by atoms with E-state index in [2.05, 4.69) is 11.9 Å². The average Bonchev–Trinajstić information content (AvgIpc) is 2.75. The first-order valence-electron chi connectivity index (χ1n) is 6.81. The van der Waals surface area contributed by atoms with E-state index in [4.69, 9.17) is 5.73 Å². The molecule has 0 fully saturated rings. The summed E-state index contributed by atoms with van der Waals surface area (Å²) in [5.74, 6) is 1.54. The zero-order valence-electron chi connectivity index (χ0n) is 11.7. The average molecular weight is 279 g/mol. The van der Waals surface area contributed by atoms with Crippen LogP contribution in [0.3, 0.4) is 0 Å². The van der Waals surface area contributed by atoms with E-state index in [1.54, 1.807) is 12.1 Å². The quantitative estimate of drug-likeness (QED) is 0.897. The van der Waals surface area contributed by atoms with Crippen molar-refractivity contribution in [1.82, 2.24) is 9.55 Å². The molecule has 1 heterocycles. The number of nitrogen functional groups attached to an aromatic ring is 1. The molecule has 0 atom stereocenters. The molecule has 0 amide bonds. The highest BCUT2D eigenvalue weighted by atomic mass is 19.3. The number of rotatable bonds is 5. The van der Waals surface area contributed by atoms with Crippen LogP contribution >= 0.6 is 0 Å². The molecule has 5 heteroatoms. The lowest BCUT2D eigenvalue weighted by atomic mass is 10.1. The fraction of sp³-hybridized carbons (Fsp3) is 0.400. The summed E-state index contributed by atoms with van der Waals surface area (Å²) < 4.78 is 27.1. The number of aromatic nitrogens is 2. The molecule has 0 unspecified atom stereocenters. The predicted octanol–water partition coefficient (Wildman–Crippen LogP) is 4.04. The van der Waals surface area contributed by atoms with Crippen LogP contribution in [0.1, 0.15) is 38.1 Å². The van der Waals surface area contributed by atoms with Crippen LogP contribution in [0, 0.1) is 0 Å². The van der Waals surface area contributed by atoms with Gasteiger partial charge in [-0.05, 0) is 13.3 Å². The van der Waals surface area contributed by atoms with E-state index in [1.165, 1.54) is 12.1 Å². The Bertz CT molecular complexity index is 574. The van der Waals surface area contributed by atoms with E-state index in [1.807, 2.05) is 11.5 Å². The lowest BCUT2D eigenvalue weighted by molar-refractivity contribution is 0.151. The Balaban J connectivity index is 2.41. The van der Waals surface area contributed by atoms with Gasteiger partial charge in [-0.25, -0.2) is 13.8 Å². The summed E-state index contributed by atoms with van der Waals surface area (Å²) in [4.78, 5) is 4.57. The van der Waals surface area contributed by atoms with Crippen molar-refractivity contribution in [2.24, 2.45) is 0 Å². The first kappa shape index (κ1) is 14.5. The number of nitrogens with two attached hydrogens (primary N) is 1. The Labute approximate surface area is 117 Å². The second-order valence-corrected chi connectivity index (χ2v) is 4.68. The van der Waals surface area contributed by atoms with Crippen molar-refractivity contribution < 1.29 is 8.78 Å². The molecular weight excluding hydrogens is 260 g/mol. The van der Waals surface area contributed by atoms with Gasteiger partial charge in [0.1, 0.15) is 17.3 Å². The van der Waals surface area contributed by atoms with Gasteiger partial charge in [0.15, 0.2) is 0 Å². The first-order valence-corrected chi connectivity index (χ1v) is 6.81. The van der Waals surface area contributed by atoms with E-state index in [0.29, 0.717) is 11.5 Å². The minimum Gasteiger partial charge on any atom is -0.383 e. The number of halogens is 2. The van der Waals surface area contributed by atoms with Crippen LogP contribution < -0.4 is 5.73 Å². The Hall–Kier alpha value is -1.91. The van der Waals surface area contributed by atoms with Crippen molar-refractivity contribution in [1.29, 1.82) is 0 Å². The van der Waals surface area contributed by atoms with Crippen LogP contribution in [0.5, 0.6) is 0 Å². The molecule has 2 rings (SSSR count). The van der Waals surface area contributed by atoms with E-state index < -0.39 is 6.43 Å². The van der Waals surface area contributed by atoms with Crippen molar-refractivity contribution in [2.75, 3.05) is 5.73 Å². The van der Waals surface area contributed by atoms with Crippen molar-refractivity contribution in [3.05, 3.63) is 35.7 Å². The maximum Gasteiger partial charge on any atom is 0.263 e. The zero-order chi connectivity index (χ0) is 14.7. The van der Waals surface area contributed by atoms with Crippen LogP contribution in [0.15, 0.2) is 24.3 Å². The normalized spacial score (nSPS) is 11.2. The molecule has 0 aliphatic carbocycles. The van der Waals surface area contributed by atoms with Gasteiger partial charge in [0.25, 0.3) is 6.43 Å². The maximum atomic E-state index is 12.6. The Morgan fingerprint density at radius 2 is 1.85 bits per heavy atom. The summed E-state index contributed by atoms with van der Waals surface area (Å²) in [5.41, 5.74) is 7.59. The third-order valence-corrected chi connectivity index (χ3v) is 3.31. The summed E-state index contributed by atoms with van der Waals surface area (Å²) in [6.45, 7) is 4.85. The fourth-order valence-corrected chi connectivity index (χ4v) is 2.28. The van der Waals surface area contributed by atoms with Gasteiger partial charge in [-0.2, -0.15) is 0 Å². The second-order valence-electron chi connectivity index (χ2n) is 4.68. The molecule has 0 radical (unpaired) electrons. The highest BCUT2D eigenvalue weighted by molar-refractivity contribution is 5.71. The van der Waals surface area contributed by atoms with Gasteiger partial charge >= 0.3 is 0 Å². The molecular formula is C15H19F2N3. The Kier molecular flexibility index (Phi) is 4.37. The van der Waals surface area contributed by atoms with Crippen molar-refractivity contribution in [3.63, 3.8) is 0 Å². The number of alkyl halides is 2. The van der Waals surface area contributed by atoms with Gasteiger partial charge in [0, 0.05) is 24.1 Å². The molecule has 2 N–H and O–H groups in total. The van der Waals surface area contributed by atoms with Crippen LogP contribution in [0.4, 0.5) is 14.6 Å². The van der Waals surface area contributed by atoms with Crippen LogP contribution in [-0.2, 0) is 13.0 Å². The van der Waals surface area contributed by atoms with Gasteiger partial charge < -0.3 is 10.3 Å². The molecule has 0 aliphatic rings.